The molecule has 0 radical (unpaired) electrons. The van der Waals surface area contributed by atoms with E-state index in [9.17, 15) is 0 Å². The quantitative estimate of drug-likeness (QED) is 0.146. The molecule has 0 spiro atoms. The van der Waals surface area contributed by atoms with Gasteiger partial charge in [0.1, 0.15) is 47.3 Å². The van der Waals surface area contributed by atoms with Crippen molar-refractivity contribution in [2.75, 3.05) is 0 Å². The fourth-order valence-corrected chi connectivity index (χ4v) is 7.72. The van der Waals surface area contributed by atoms with Gasteiger partial charge in [0.25, 0.3) is 0 Å². The van der Waals surface area contributed by atoms with E-state index in [1.54, 1.807) is 0 Å². The molecule has 0 aliphatic heterocycles. The topological polar surface area (TPSA) is 92.8 Å². The standard InChI is InChI=1S/C47H35N7O2/c1-3-30(2)46-42(55-32-18-20-36-34-12-4-6-14-38(34)53(40(36)26-32)44-16-8-10-22-49-44)24-31(47-51-28-48-29-52-47)25-43(46)56-33-19-21-37-35-13-5-7-15-39(35)54(41(37)27-33)45-17-9-11-23-50-45/h4-30H,3H2,1-2H3. The Morgan fingerprint density at radius 3 is 1.48 bits per heavy atom. The third-order valence-corrected chi connectivity index (χ3v) is 10.5. The lowest BCUT2D eigenvalue weighted by molar-refractivity contribution is 0.441. The molecule has 1 unspecified atom stereocenters. The highest BCUT2D eigenvalue weighted by Gasteiger charge is 2.23. The summed E-state index contributed by atoms with van der Waals surface area (Å²) >= 11 is 0. The van der Waals surface area contributed by atoms with Crippen molar-refractivity contribution in [1.29, 1.82) is 0 Å². The van der Waals surface area contributed by atoms with Gasteiger partial charge in [0.2, 0.25) is 0 Å². The molecule has 5 aromatic heterocycles. The van der Waals surface area contributed by atoms with Gasteiger partial charge in [-0.05, 0) is 85.1 Å². The molecular formula is C47H35N7O2. The van der Waals surface area contributed by atoms with E-state index in [0.29, 0.717) is 28.8 Å². The first-order valence-corrected chi connectivity index (χ1v) is 18.7. The smallest absolute Gasteiger partial charge is 0.162 e. The number of hydrogen-bond donors (Lipinski definition) is 0. The highest BCUT2D eigenvalue weighted by molar-refractivity contribution is 6.10. The van der Waals surface area contributed by atoms with Crippen LogP contribution in [0.4, 0.5) is 0 Å². The van der Waals surface area contributed by atoms with Crippen molar-refractivity contribution >= 4 is 43.6 Å². The zero-order valence-electron chi connectivity index (χ0n) is 30.7. The molecule has 0 N–H and O–H groups in total. The maximum absolute atomic E-state index is 6.96. The summed E-state index contributed by atoms with van der Waals surface area (Å²) in [4.78, 5) is 22.5. The lowest BCUT2D eigenvalue weighted by Crippen LogP contribution is -2.02. The van der Waals surface area contributed by atoms with Crippen LogP contribution < -0.4 is 9.47 Å². The zero-order valence-corrected chi connectivity index (χ0v) is 30.7. The normalized spacial score (nSPS) is 12.1. The van der Waals surface area contributed by atoms with Crippen LogP contribution in [0.1, 0.15) is 31.7 Å². The van der Waals surface area contributed by atoms with Gasteiger partial charge in [-0.2, -0.15) is 0 Å². The number of hydrogen-bond acceptors (Lipinski definition) is 7. The number of rotatable bonds is 9. The SMILES string of the molecule is CCC(C)c1c(Oc2ccc3c4ccccc4n(-c4ccccn4)c3c2)cc(-c2ncncn2)cc1Oc1ccc2c3ccccc3n(-c3ccccn3)c2c1. The first-order chi connectivity index (χ1) is 27.6. The number of aromatic nitrogens is 7. The summed E-state index contributed by atoms with van der Waals surface area (Å²) < 4.78 is 18.3. The summed E-state index contributed by atoms with van der Waals surface area (Å²) in [5.74, 6) is 4.96. The fourth-order valence-electron chi connectivity index (χ4n) is 7.72. The minimum Gasteiger partial charge on any atom is -0.457 e. The van der Waals surface area contributed by atoms with E-state index in [2.05, 4.69) is 111 Å². The second-order valence-corrected chi connectivity index (χ2v) is 13.8. The van der Waals surface area contributed by atoms with Gasteiger partial charge in [0, 0.05) is 57.2 Å². The molecule has 5 aromatic carbocycles. The van der Waals surface area contributed by atoms with Crippen LogP contribution in [0.3, 0.4) is 0 Å². The number of pyridine rings is 2. The van der Waals surface area contributed by atoms with Crippen LogP contribution in [0.5, 0.6) is 23.0 Å². The molecule has 0 saturated carbocycles. The average Bonchev–Trinajstić information content (AvgIpc) is 3.76. The maximum Gasteiger partial charge on any atom is 0.162 e. The van der Waals surface area contributed by atoms with Gasteiger partial charge in [0.15, 0.2) is 5.82 Å². The molecule has 270 valence electrons. The van der Waals surface area contributed by atoms with E-state index in [4.69, 9.17) is 19.4 Å². The predicted octanol–water partition coefficient (Wildman–Crippen LogP) is 11.6. The number of benzene rings is 5. The Hall–Kier alpha value is -7.39. The van der Waals surface area contributed by atoms with Crippen LogP contribution in [0, 0.1) is 0 Å². The molecule has 0 aliphatic rings. The average molecular weight is 730 g/mol. The Labute approximate surface area is 322 Å². The maximum atomic E-state index is 6.96. The summed E-state index contributed by atoms with van der Waals surface area (Å²) in [6, 6.07) is 45.2. The zero-order chi connectivity index (χ0) is 37.6. The molecule has 10 aromatic rings. The van der Waals surface area contributed by atoms with Crippen molar-refractivity contribution in [1.82, 2.24) is 34.1 Å². The highest BCUT2D eigenvalue weighted by Crippen LogP contribution is 2.45. The molecule has 5 heterocycles. The van der Waals surface area contributed by atoms with Crippen molar-refractivity contribution in [3.05, 3.63) is 164 Å². The summed E-state index contributed by atoms with van der Waals surface area (Å²) in [5.41, 5.74) is 5.83. The summed E-state index contributed by atoms with van der Waals surface area (Å²) in [5, 5.41) is 4.52. The number of nitrogens with zero attached hydrogens (tertiary/aromatic N) is 7. The largest absolute Gasteiger partial charge is 0.457 e. The van der Waals surface area contributed by atoms with Gasteiger partial charge in [-0.25, -0.2) is 24.9 Å². The Bertz CT molecular complexity index is 2850. The first kappa shape index (κ1) is 33.2. The van der Waals surface area contributed by atoms with Crippen molar-refractivity contribution in [3.63, 3.8) is 0 Å². The van der Waals surface area contributed by atoms with Gasteiger partial charge in [0.05, 0.1) is 22.1 Å². The van der Waals surface area contributed by atoms with Gasteiger partial charge in [-0.1, -0.05) is 62.4 Å². The molecule has 0 saturated heterocycles. The molecule has 10 rings (SSSR count). The van der Waals surface area contributed by atoms with E-state index in [1.807, 2.05) is 73.1 Å². The molecular weight excluding hydrogens is 695 g/mol. The Morgan fingerprint density at radius 1 is 0.518 bits per heavy atom. The van der Waals surface area contributed by atoms with Gasteiger partial charge >= 0.3 is 0 Å². The van der Waals surface area contributed by atoms with Crippen LogP contribution in [0.15, 0.2) is 159 Å². The second kappa shape index (κ2) is 13.8. The lowest BCUT2D eigenvalue weighted by atomic mass is 9.94. The van der Waals surface area contributed by atoms with E-state index in [0.717, 1.165) is 72.8 Å². The predicted molar refractivity (Wildman–Crippen MR) is 221 cm³/mol. The van der Waals surface area contributed by atoms with Crippen molar-refractivity contribution < 1.29 is 9.47 Å². The lowest BCUT2D eigenvalue weighted by Gasteiger charge is -2.21. The molecule has 9 heteroatoms. The van der Waals surface area contributed by atoms with Gasteiger partial charge in [-0.3, -0.25) is 9.13 Å². The minimum absolute atomic E-state index is 0.0832. The number of ether oxygens (including phenoxy) is 2. The van der Waals surface area contributed by atoms with Crippen molar-refractivity contribution in [3.8, 4) is 46.0 Å². The summed E-state index contributed by atoms with van der Waals surface area (Å²) in [6.45, 7) is 4.37. The monoisotopic (exact) mass is 729 g/mol. The number of para-hydroxylation sites is 2. The highest BCUT2D eigenvalue weighted by atomic mass is 16.5. The Kier molecular flexibility index (Phi) is 8.17. The van der Waals surface area contributed by atoms with E-state index in [-0.39, 0.29) is 5.92 Å². The molecule has 1 atom stereocenters. The van der Waals surface area contributed by atoms with Crippen LogP contribution in [-0.2, 0) is 0 Å². The molecule has 0 fully saturated rings. The molecule has 56 heavy (non-hydrogen) atoms. The third kappa shape index (κ3) is 5.68. The van der Waals surface area contributed by atoms with E-state index < -0.39 is 0 Å². The molecule has 0 bridgehead atoms. The van der Waals surface area contributed by atoms with Crippen molar-refractivity contribution in [2.24, 2.45) is 0 Å². The van der Waals surface area contributed by atoms with Crippen LogP contribution in [-0.4, -0.2) is 34.1 Å². The first-order valence-electron chi connectivity index (χ1n) is 18.7. The number of fused-ring (bicyclic) bond motifs is 6. The summed E-state index contributed by atoms with van der Waals surface area (Å²) in [6.07, 6.45) is 7.50. The third-order valence-electron chi connectivity index (χ3n) is 10.5. The fraction of sp³-hybridized carbons (Fsp3) is 0.0851. The molecule has 9 nitrogen and oxygen atoms in total. The molecule has 0 amide bonds. The van der Waals surface area contributed by atoms with Crippen LogP contribution >= 0.6 is 0 Å². The summed E-state index contributed by atoms with van der Waals surface area (Å²) in [7, 11) is 0. The Morgan fingerprint density at radius 2 is 1.00 bits per heavy atom. The van der Waals surface area contributed by atoms with Crippen molar-refractivity contribution in [2.45, 2.75) is 26.2 Å². The Balaban J connectivity index is 1.14. The van der Waals surface area contributed by atoms with Crippen LogP contribution in [0.2, 0.25) is 0 Å². The molecule has 0 aliphatic carbocycles. The van der Waals surface area contributed by atoms with Gasteiger partial charge < -0.3 is 9.47 Å². The van der Waals surface area contributed by atoms with E-state index >= 15 is 0 Å². The van der Waals surface area contributed by atoms with Crippen LogP contribution in [0.25, 0.3) is 66.6 Å². The minimum atomic E-state index is 0.0832. The second-order valence-electron chi connectivity index (χ2n) is 13.8. The van der Waals surface area contributed by atoms with E-state index in [1.165, 1.54) is 12.7 Å². The van der Waals surface area contributed by atoms with Gasteiger partial charge in [-0.15, -0.1) is 0 Å².